The van der Waals surface area contributed by atoms with E-state index in [1.165, 1.54) is 18.2 Å². The van der Waals surface area contributed by atoms with Crippen molar-refractivity contribution in [3.63, 3.8) is 0 Å². The van der Waals surface area contributed by atoms with Crippen LogP contribution in [0.4, 0.5) is 0 Å². The number of sulfonamides is 1. The van der Waals surface area contributed by atoms with Crippen molar-refractivity contribution in [1.29, 1.82) is 5.26 Å². The van der Waals surface area contributed by atoms with E-state index in [1.54, 1.807) is 41.2 Å². The van der Waals surface area contributed by atoms with Crippen LogP contribution >= 0.6 is 0 Å². The maximum Gasteiger partial charge on any atom is 0.302 e. The van der Waals surface area contributed by atoms with Gasteiger partial charge in [0.1, 0.15) is 18.2 Å². The van der Waals surface area contributed by atoms with Gasteiger partial charge in [-0.05, 0) is 55.7 Å². The Hall–Kier alpha value is -4.86. The molecule has 5 rings (SSSR count). The molecule has 0 N–H and O–H groups in total. The van der Waals surface area contributed by atoms with Crippen LogP contribution in [0.2, 0.25) is 0 Å². The molecule has 0 unspecified atom stereocenters. The van der Waals surface area contributed by atoms with Crippen LogP contribution in [0, 0.1) is 11.3 Å². The first-order valence-electron chi connectivity index (χ1n) is 14.2. The summed E-state index contributed by atoms with van der Waals surface area (Å²) in [6.45, 7) is 3.32. The number of benzene rings is 2. The molecule has 12 heteroatoms. The predicted molar refractivity (Wildman–Crippen MR) is 161 cm³/mol. The fraction of sp³-hybridized carbons (Fsp3) is 0.281. The average molecular weight is 614 g/mol. The third-order valence-electron chi connectivity index (χ3n) is 7.59. The SMILES string of the molecule is CC(=O)OCCN1C(=O)C(C#N)=C(C)/C(=C\c2cn(-c3ccccc3)nc2-c2ccc(S(=O)(=O)N3CCCCC3)cc2)C1=O. The van der Waals surface area contributed by atoms with Crippen molar-refractivity contribution in [2.45, 2.75) is 38.0 Å². The van der Waals surface area contributed by atoms with Gasteiger partial charge in [-0.2, -0.15) is 14.7 Å². The number of ether oxygens (including phenoxy) is 1. The minimum Gasteiger partial charge on any atom is -0.464 e. The number of rotatable bonds is 8. The Balaban J connectivity index is 1.58. The maximum absolute atomic E-state index is 13.6. The summed E-state index contributed by atoms with van der Waals surface area (Å²) < 4.78 is 34.5. The molecule has 226 valence electrons. The fourth-order valence-corrected chi connectivity index (χ4v) is 6.76. The van der Waals surface area contributed by atoms with Gasteiger partial charge in [0.15, 0.2) is 0 Å². The van der Waals surface area contributed by atoms with E-state index < -0.39 is 27.8 Å². The molecule has 1 fully saturated rings. The lowest BCUT2D eigenvalue weighted by atomic mass is 9.93. The minimum atomic E-state index is -3.63. The number of carbonyl (C=O) groups excluding carboxylic acids is 3. The van der Waals surface area contributed by atoms with Gasteiger partial charge >= 0.3 is 5.97 Å². The largest absolute Gasteiger partial charge is 0.464 e. The number of para-hydroxylation sites is 1. The Morgan fingerprint density at radius 1 is 1.02 bits per heavy atom. The highest BCUT2D eigenvalue weighted by Crippen LogP contribution is 2.32. The predicted octanol–water partition coefficient (Wildman–Crippen LogP) is 3.87. The van der Waals surface area contributed by atoms with Crippen molar-refractivity contribution in [1.82, 2.24) is 19.0 Å². The van der Waals surface area contributed by atoms with Crippen LogP contribution in [-0.2, 0) is 29.1 Å². The summed E-state index contributed by atoms with van der Waals surface area (Å²) >= 11 is 0. The van der Waals surface area contributed by atoms with Crippen LogP contribution in [0.3, 0.4) is 0 Å². The third kappa shape index (κ3) is 6.10. The fourth-order valence-electron chi connectivity index (χ4n) is 5.24. The van der Waals surface area contributed by atoms with E-state index in [4.69, 9.17) is 9.84 Å². The number of carbonyl (C=O) groups is 3. The number of imide groups is 1. The van der Waals surface area contributed by atoms with Gasteiger partial charge in [-0.1, -0.05) is 36.8 Å². The van der Waals surface area contributed by atoms with Gasteiger partial charge in [-0.3, -0.25) is 19.3 Å². The highest BCUT2D eigenvalue weighted by atomic mass is 32.2. The molecule has 44 heavy (non-hydrogen) atoms. The maximum atomic E-state index is 13.6. The molecule has 2 amide bonds. The Morgan fingerprint density at radius 2 is 1.70 bits per heavy atom. The van der Waals surface area contributed by atoms with Gasteiger partial charge in [-0.25, -0.2) is 13.1 Å². The molecule has 3 heterocycles. The van der Waals surface area contributed by atoms with Crippen molar-refractivity contribution < 1.29 is 27.5 Å². The zero-order valence-electron chi connectivity index (χ0n) is 24.4. The minimum absolute atomic E-state index is 0.113. The van der Waals surface area contributed by atoms with Crippen molar-refractivity contribution in [2.24, 2.45) is 0 Å². The molecule has 3 aromatic rings. The van der Waals surface area contributed by atoms with Gasteiger partial charge in [0, 0.05) is 42.9 Å². The van der Waals surface area contributed by atoms with Gasteiger partial charge in [0.25, 0.3) is 11.8 Å². The summed E-state index contributed by atoms with van der Waals surface area (Å²) in [4.78, 5) is 38.8. The lowest BCUT2D eigenvalue weighted by molar-refractivity contribution is -0.147. The monoisotopic (exact) mass is 613 g/mol. The van der Waals surface area contributed by atoms with Crippen LogP contribution < -0.4 is 0 Å². The normalized spacial score (nSPS) is 17.2. The van der Waals surface area contributed by atoms with E-state index >= 15 is 0 Å². The molecule has 1 aromatic heterocycles. The molecule has 0 spiro atoms. The number of nitrogens with zero attached hydrogens (tertiary/aromatic N) is 5. The van der Waals surface area contributed by atoms with Crippen LogP contribution in [-0.4, -0.2) is 71.4 Å². The summed E-state index contributed by atoms with van der Waals surface area (Å²) in [5.41, 5.74) is 2.47. The molecule has 0 bridgehead atoms. The zero-order valence-corrected chi connectivity index (χ0v) is 25.2. The molecule has 2 aromatic carbocycles. The van der Waals surface area contributed by atoms with Crippen molar-refractivity contribution >= 4 is 33.9 Å². The quantitative estimate of drug-likeness (QED) is 0.212. The average Bonchev–Trinajstić information content (AvgIpc) is 3.46. The Morgan fingerprint density at radius 3 is 2.34 bits per heavy atom. The first-order valence-corrected chi connectivity index (χ1v) is 15.6. The Bertz CT molecular complexity index is 1810. The van der Waals surface area contributed by atoms with Crippen molar-refractivity contribution in [2.75, 3.05) is 26.2 Å². The van der Waals surface area contributed by atoms with Crippen LogP contribution in [0.5, 0.6) is 0 Å². The molecular weight excluding hydrogens is 582 g/mol. The van der Waals surface area contributed by atoms with E-state index in [0.29, 0.717) is 29.9 Å². The lowest BCUT2D eigenvalue weighted by Gasteiger charge is -2.27. The summed E-state index contributed by atoms with van der Waals surface area (Å²) in [6, 6.07) is 17.7. The van der Waals surface area contributed by atoms with Crippen LogP contribution in [0.1, 0.15) is 38.7 Å². The van der Waals surface area contributed by atoms with E-state index in [9.17, 15) is 28.1 Å². The first-order chi connectivity index (χ1) is 21.1. The molecule has 2 aliphatic heterocycles. The van der Waals surface area contributed by atoms with E-state index in [2.05, 4.69) is 0 Å². The molecule has 0 aliphatic carbocycles. The summed E-state index contributed by atoms with van der Waals surface area (Å²) in [7, 11) is -3.63. The third-order valence-corrected chi connectivity index (χ3v) is 9.50. The number of esters is 1. The summed E-state index contributed by atoms with van der Waals surface area (Å²) in [5, 5.41) is 14.5. The highest BCUT2D eigenvalue weighted by Gasteiger charge is 2.36. The highest BCUT2D eigenvalue weighted by molar-refractivity contribution is 7.89. The molecular formula is C32H31N5O6S. The molecule has 11 nitrogen and oxygen atoms in total. The van der Waals surface area contributed by atoms with Gasteiger partial charge in [0.2, 0.25) is 10.0 Å². The number of amides is 2. The number of nitriles is 1. The number of hydrogen-bond donors (Lipinski definition) is 0. The van der Waals surface area contributed by atoms with Crippen LogP contribution in [0.15, 0.2) is 82.4 Å². The summed E-state index contributed by atoms with van der Waals surface area (Å²) in [6.07, 6.45) is 5.97. The molecule has 2 aliphatic rings. The van der Waals surface area contributed by atoms with E-state index in [1.807, 2.05) is 36.4 Å². The zero-order chi connectivity index (χ0) is 31.4. The van der Waals surface area contributed by atoms with Gasteiger partial charge in [-0.15, -0.1) is 0 Å². The van der Waals surface area contributed by atoms with Crippen LogP contribution in [0.25, 0.3) is 23.0 Å². The summed E-state index contributed by atoms with van der Waals surface area (Å²) in [5.74, 6) is -1.96. The van der Waals surface area contributed by atoms with Gasteiger partial charge in [0.05, 0.1) is 22.8 Å². The molecule has 0 atom stereocenters. The topological polar surface area (TPSA) is 143 Å². The smallest absolute Gasteiger partial charge is 0.302 e. The molecule has 0 saturated carbocycles. The molecule has 1 saturated heterocycles. The Labute approximate surface area is 255 Å². The second-order valence-electron chi connectivity index (χ2n) is 10.5. The van der Waals surface area contributed by atoms with Crippen molar-refractivity contribution in [3.05, 3.63) is 83.1 Å². The Kier molecular flexibility index (Phi) is 8.89. The molecule has 0 radical (unpaired) electrons. The van der Waals surface area contributed by atoms with Crippen molar-refractivity contribution in [3.8, 4) is 23.0 Å². The van der Waals surface area contributed by atoms with E-state index in [0.717, 1.165) is 29.8 Å². The van der Waals surface area contributed by atoms with Gasteiger partial charge < -0.3 is 4.74 Å². The second kappa shape index (κ2) is 12.8. The standard InChI is InChI=1S/C32H31N5O6S/c1-22-28(31(39)36(17-18-43-23(2)38)32(40)29(22)20-33)19-25-21-37(26-9-5-3-6-10-26)34-30(25)24-11-13-27(14-12-24)44(41,42)35-15-7-4-8-16-35/h3,5-6,9-14,19,21H,4,7-8,15-18H2,1-2H3/b28-19+. The van der Waals surface area contributed by atoms with E-state index in [-0.39, 0.29) is 34.8 Å². The second-order valence-corrected chi connectivity index (χ2v) is 12.4. The number of hydrogen-bond acceptors (Lipinski definition) is 8. The lowest BCUT2D eigenvalue weighted by Crippen LogP contribution is -2.44. The number of aromatic nitrogens is 2. The first kappa shape index (κ1) is 30.6. The number of piperidine rings is 1.